The Balaban J connectivity index is 2.29. The fourth-order valence-corrected chi connectivity index (χ4v) is 3.26. The van der Waals surface area contributed by atoms with Crippen molar-refractivity contribution in [2.75, 3.05) is 17.9 Å². The molecule has 0 amide bonds. The molecule has 0 saturated heterocycles. The molecule has 7 heteroatoms. The van der Waals surface area contributed by atoms with Crippen molar-refractivity contribution in [2.45, 2.75) is 18.7 Å². The van der Waals surface area contributed by atoms with Gasteiger partial charge in [0.05, 0.1) is 28.8 Å². The van der Waals surface area contributed by atoms with Gasteiger partial charge in [-0.05, 0) is 50.2 Å². The van der Waals surface area contributed by atoms with Crippen molar-refractivity contribution in [1.82, 2.24) is 0 Å². The van der Waals surface area contributed by atoms with Crippen LogP contribution in [0.2, 0.25) is 5.02 Å². The van der Waals surface area contributed by atoms with Gasteiger partial charge in [-0.3, -0.25) is 4.72 Å². The van der Waals surface area contributed by atoms with Crippen molar-refractivity contribution in [3.8, 4) is 11.5 Å². The van der Waals surface area contributed by atoms with Crippen LogP contribution in [0.25, 0.3) is 0 Å². The number of anilines is 1. The first-order valence-electron chi connectivity index (χ1n) is 7.15. The van der Waals surface area contributed by atoms with Crippen molar-refractivity contribution < 1.29 is 17.9 Å². The van der Waals surface area contributed by atoms with Gasteiger partial charge in [-0.2, -0.15) is 0 Å². The molecule has 0 aliphatic carbocycles. The Hall–Kier alpha value is -1.92. The minimum absolute atomic E-state index is 0.128. The van der Waals surface area contributed by atoms with Gasteiger partial charge in [-0.1, -0.05) is 17.7 Å². The molecule has 0 aliphatic heterocycles. The third-order valence-electron chi connectivity index (χ3n) is 2.95. The van der Waals surface area contributed by atoms with E-state index in [4.69, 9.17) is 21.1 Å². The minimum Gasteiger partial charge on any atom is -0.494 e. The van der Waals surface area contributed by atoms with Gasteiger partial charge >= 0.3 is 0 Å². The van der Waals surface area contributed by atoms with Gasteiger partial charge < -0.3 is 9.47 Å². The maximum atomic E-state index is 12.5. The second-order valence-corrected chi connectivity index (χ2v) is 6.65. The topological polar surface area (TPSA) is 64.6 Å². The molecule has 23 heavy (non-hydrogen) atoms. The number of rotatable bonds is 7. The molecule has 5 nitrogen and oxygen atoms in total. The second-order valence-electron chi connectivity index (χ2n) is 4.56. The summed E-state index contributed by atoms with van der Waals surface area (Å²) in [5.74, 6) is 0.926. The second kappa shape index (κ2) is 7.57. The minimum atomic E-state index is -3.75. The maximum absolute atomic E-state index is 12.5. The molecule has 124 valence electrons. The molecule has 0 radical (unpaired) electrons. The molecule has 2 aromatic rings. The number of halogens is 1. The highest BCUT2D eigenvalue weighted by molar-refractivity contribution is 7.92. The molecule has 2 aromatic carbocycles. The van der Waals surface area contributed by atoms with Gasteiger partial charge in [-0.15, -0.1) is 0 Å². The van der Waals surface area contributed by atoms with Crippen molar-refractivity contribution in [3.63, 3.8) is 0 Å². The molecule has 0 atom stereocenters. The summed E-state index contributed by atoms with van der Waals surface area (Å²) >= 11 is 6.06. The molecule has 0 saturated carbocycles. The number of para-hydroxylation sites is 1. The molecular formula is C16H18ClNO4S. The van der Waals surface area contributed by atoms with E-state index in [1.54, 1.807) is 37.3 Å². The first kappa shape index (κ1) is 17.4. The summed E-state index contributed by atoms with van der Waals surface area (Å²) in [4.78, 5) is 0.128. The normalized spacial score (nSPS) is 11.1. The molecule has 0 heterocycles. The number of ether oxygens (including phenoxy) is 2. The third-order valence-corrected chi connectivity index (χ3v) is 4.62. The monoisotopic (exact) mass is 355 g/mol. The lowest BCUT2D eigenvalue weighted by molar-refractivity contribution is 0.340. The molecule has 2 rings (SSSR count). The van der Waals surface area contributed by atoms with Crippen molar-refractivity contribution in [2.24, 2.45) is 0 Å². The molecule has 0 aliphatic rings. The van der Waals surface area contributed by atoms with Crippen LogP contribution < -0.4 is 14.2 Å². The summed E-state index contributed by atoms with van der Waals surface area (Å²) < 4.78 is 38.2. The van der Waals surface area contributed by atoms with Crippen LogP contribution in [0.1, 0.15) is 13.8 Å². The van der Waals surface area contributed by atoms with Crippen molar-refractivity contribution >= 4 is 27.3 Å². The Kier molecular flexibility index (Phi) is 5.74. The third kappa shape index (κ3) is 4.30. The van der Waals surface area contributed by atoms with E-state index in [0.717, 1.165) is 0 Å². The number of hydrogen-bond acceptors (Lipinski definition) is 4. The fourth-order valence-electron chi connectivity index (χ4n) is 1.97. The van der Waals surface area contributed by atoms with Crippen LogP contribution in [0.4, 0.5) is 5.69 Å². The van der Waals surface area contributed by atoms with Crippen LogP contribution in [0, 0.1) is 0 Å². The van der Waals surface area contributed by atoms with E-state index in [1.165, 1.54) is 12.1 Å². The molecule has 0 fully saturated rings. The number of nitrogens with one attached hydrogen (secondary N) is 1. The maximum Gasteiger partial charge on any atom is 0.262 e. The number of benzene rings is 2. The molecule has 0 aromatic heterocycles. The van der Waals surface area contributed by atoms with E-state index >= 15 is 0 Å². The van der Waals surface area contributed by atoms with E-state index in [9.17, 15) is 8.42 Å². The Morgan fingerprint density at radius 2 is 1.65 bits per heavy atom. The molecule has 0 unspecified atom stereocenters. The zero-order chi connectivity index (χ0) is 16.9. The summed E-state index contributed by atoms with van der Waals surface area (Å²) in [5, 5.41) is 0.346. The molecule has 0 spiro atoms. The van der Waals surface area contributed by atoms with Gasteiger partial charge in [0.2, 0.25) is 0 Å². The quantitative estimate of drug-likeness (QED) is 0.817. The van der Waals surface area contributed by atoms with Crippen LogP contribution >= 0.6 is 11.6 Å². The Morgan fingerprint density at radius 3 is 2.26 bits per heavy atom. The Morgan fingerprint density at radius 1 is 1.00 bits per heavy atom. The van der Waals surface area contributed by atoms with E-state index in [2.05, 4.69) is 4.72 Å². The van der Waals surface area contributed by atoms with Crippen LogP contribution in [0.3, 0.4) is 0 Å². The van der Waals surface area contributed by atoms with Crippen LogP contribution in [-0.4, -0.2) is 21.6 Å². The largest absolute Gasteiger partial charge is 0.494 e. The van der Waals surface area contributed by atoms with Crippen LogP contribution in [-0.2, 0) is 10.0 Å². The summed E-state index contributed by atoms with van der Waals surface area (Å²) in [7, 11) is -3.75. The molecule has 1 N–H and O–H groups in total. The SMILES string of the molecule is CCOc1ccc(S(=O)(=O)Nc2cccc(Cl)c2OCC)cc1. The van der Waals surface area contributed by atoms with Gasteiger partial charge in [0.1, 0.15) is 5.75 Å². The molecule has 0 bridgehead atoms. The van der Waals surface area contributed by atoms with Gasteiger partial charge in [0.15, 0.2) is 5.75 Å². The van der Waals surface area contributed by atoms with Gasteiger partial charge in [0, 0.05) is 0 Å². The lowest BCUT2D eigenvalue weighted by atomic mass is 10.3. The lowest BCUT2D eigenvalue weighted by Crippen LogP contribution is -2.14. The van der Waals surface area contributed by atoms with Crippen LogP contribution in [0.15, 0.2) is 47.4 Å². The van der Waals surface area contributed by atoms with Crippen LogP contribution in [0.5, 0.6) is 11.5 Å². The van der Waals surface area contributed by atoms with Crippen molar-refractivity contribution in [1.29, 1.82) is 0 Å². The summed E-state index contributed by atoms with van der Waals surface area (Å²) in [6, 6.07) is 11.1. The smallest absolute Gasteiger partial charge is 0.262 e. The number of sulfonamides is 1. The summed E-state index contributed by atoms with van der Waals surface area (Å²) in [5.41, 5.74) is 0.299. The average Bonchev–Trinajstić information content (AvgIpc) is 2.51. The summed E-state index contributed by atoms with van der Waals surface area (Å²) in [6.45, 7) is 4.56. The van der Waals surface area contributed by atoms with E-state index < -0.39 is 10.0 Å². The van der Waals surface area contributed by atoms with E-state index in [1.807, 2.05) is 6.92 Å². The first-order valence-corrected chi connectivity index (χ1v) is 9.01. The average molecular weight is 356 g/mol. The fraction of sp³-hybridized carbons (Fsp3) is 0.250. The highest BCUT2D eigenvalue weighted by Crippen LogP contribution is 2.34. The van der Waals surface area contributed by atoms with Crippen molar-refractivity contribution in [3.05, 3.63) is 47.5 Å². The van der Waals surface area contributed by atoms with E-state index in [0.29, 0.717) is 35.4 Å². The van der Waals surface area contributed by atoms with E-state index in [-0.39, 0.29) is 4.90 Å². The van der Waals surface area contributed by atoms with Gasteiger partial charge in [0.25, 0.3) is 10.0 Å². The lowest BCUT2D eigenvalue weighted by Gasteiger charge is -2.14. The zero-order valence-electron chi connectivity index (χ0n) is 12.9. The predicted molar refractivity (Wildman–Crippen MR) is 91.0 cm³/mol. The van der Waals surface area contributed by atoms with Gasteiger partial charge in [-0.25, -0.2) is 8.42 Å². The Labute approximate surface area is 141 Å². The predicted octanol–water partition coefficient (Wildman–Crippen LogP) is 3.94. The summed E-state index contributed by atoms with van der Waals surface area (Å²) in [6.07, 6.45) is 0. The first-order chi connectivity index (χ1) is 11.0. The highest BCUT2D eigenvalue weighted by Gasteiger charge is 2.18. The highest BCUT2D eigenvalue weighted by atomic mass is 35.5. The number of hydrogen-bond donors (Lipinski definition) is 1. The standard InChI is InChI=1S/C16H18ClNO4S/c1-3-21-12-8-10-13(11-9-12)23(19,20)18-15-7-5-6-14(17)16(15)22-4-2/h5-11,18H,3-4H2,1-2H3. The Bertz CT molecular complexity index is 760. The molecular weight excluding hydrogens is 338 g/mol. The zero-order valence-corrected chi connectivity index (χ0v) is 14.4.